The van der Waals surface area contributed by atoms with Crippen LogP contribution in [0.5, 0.6) is 5.75 Å². The van der Waals surface area contributed by atoms with Gasteiger partial charge >= 0.3 is 0 Å². The molecule has 27 heavy (non-hydrogen) atoms. The third-order valence-corrected chi connectivity index (χ3v) is 9.01. The molecule has 3 aromatic rings. The molecule has 0 atom stereocenters. The number of rotatable bonds is 3. The summed E-state index contributed by atoms with van der Waals surface area (Å²) >= 11 is 0. The van der Waals surface area contributed by atoms with Crippen molar-refractivity contribution < 1.29 is 13.2 Å². The van der Waals surface area contributed by atoms with Gasteiger partial charge in [-0.25, -0.2) is 8.42 Å². The van der Waals surface area contributed by atoms with E-state index in [1.807, 2.05) is 69.3 Å². The van der Waals surface area contributed by atoms with Crippen molar-refractivity contribution in [2.45, 2.75) is 45.2 Å². The van der Waals surface area contributed by atoms with Gasteiger partial charge in [-0.2, -0.15) is 0 Å². The lowest BCUT2D eigenvalue weighted by molar-refractivity contribution is 0.340. The molecule has 1 aliphatic heterocycles. The van der Waals surface area contributed by atoms with Gasteiger partial charge in [-0.3, -0.25) is 0 Å². The summed E-state index contributed by atoms with van der Waals surface area (Å²) in [5, 5.41) is 0. The van der Waals surface area contributed by atoms with Crippen molar-refractivity contribution >= 4 is 20.7 Å². The molecule has 3 aromatic carbocycles. The first kappa shape index (κ1) is 18.1. The molecule has 4 rings (SSSR count). The van der Waals surface area contributed by atoms with Crippen LogP contribution < -0.4 is 4.74 Å². The van der Waals surface area contributed by atoms with Gasteiger partial charge in [-0.05, 0) is 80.4 Å². The van der Waals surface area contributed by atoms with E-state index in [2.05, 4.69) is 0 Å². The number of aryl methyl sites for hydroxylation is 2. The normalized spacial score (nSPS) is 15.1. The summed E-state index contributed by atoms with van der Waals surface area (Å²) in [6, 6.07) is 19.5. The van der Waals surface area contributed by atoms with Gasteiger partial charge in [0.1, 0.15) is 26.4 Å². The fraction of sp³-hybridized carbons (Fsp3) is 0.182. The zero-order valence-corrected chi connectivity index (χ0v) is 17.2. The summed E-state index contributed by atoms with van der Waals surface area (Å²) in [5.41, 5.74) is 1.90. The standard InChI is InChI=1S/C22H21O3S2/c1-4-25-17-7-9-18(10-8-17)26-19-11-5-15(2)13-21(19)27(23,24)22-14-16(3)6-12-20(22)26/h5-14H,4H2,1-3H3/q+1. The number of hydrogen-bond acceptors (Lipinski definition) is 3. The van der Waals surface area contributed by atoms with E-state index in [0.29, 0.717) is 16.4 Å². The van der Waals surface area contributed by atoms with Crippen molar-refractivity contribution in [3.05, 3.63) is 71.8 Å². The maximum absolute atomic E-state index is 13.3. The highest BCUT2D eigenvalue weighted by atomic mass is 32.2. The average Bonchev–Trinajstić information content (AvgIpc) is 2.65. The first-order valence-electron chi connectivity index (χ1n) is 8.85. The molecule has 1 heterocycles. The van der Waals surface area contributed by atoms with Gasteiger partial charge in [0.2, 0.25) is 9.84 Å². The van der Waals surface area contributed by atoms with E-state index < -0.39 is 20.7 Å². The van der Waals surface area contributed by atoms with Gasteiger partial charge in [0.05, 0.1) is 6.61 Å². The molecule has 0 saturated carbocycles. The SMILES string of the molecule is CCOc1ccc([S+]2c3ccc(C)cc3S(=O)(=O)c3cc(C)ccc32)cc1. The van der Waals surface area contributed by atoms with E-state index in [0.717, 1.165) is 31.6 Å². The molecule has 0 spiro atoms. The Hall–Kier alpha value is -2.24. The molecule has 0 N–H and O–H groups in total. The molecule has 1 aliphatic rings. The van der Waals surface area contributed by atoms with Crippen molar-refractivity contribution in [2.24, 2.45) is 0 Å². The van der Waals surface area contributed by atoms with Gasteiger partial charge in [0.15, 0.2) is 14.7 Å². The van der Waals surface area contributed by atoms with Gasteiger partial charge < -0.3 is 4.74 Å². The van der Waals surface area contributed by atoms with Gasteiger partial charge in [-0.1, -0.05) is 12.1 Å². The second-order valence-corrected chi connectivity index (χ2v) is 10.5. The van der Waals surface area contributed by atoms with E-state index >= 15 is 0 Å². The number of fused-ring (bicyclic) bond motifs is 2. The monoisotopic (exact) mass is 397 g/mol. The third-order valence-electron chi connectivity index (χ3n) is 4.59. The first-order valence-corrected chi connectivity index (χ1v) is 11.6. The van der Waals surface area contributed by atoms with Crippen LogP contribution in [0.2, 0.25) is 0 Å². The zero-order valence-electron chi connectivity index (χ0n) is 15.5. The Labute approximate surface area is 163 Å². The second kappa shape index (κ2) is 6.73. The van der Waals surface area contributed by atoms with Crippen LogP contribution in [0.15, 0.2) is 85.1 Å². The molecule has 0 saturated heterocycles. The fourth-order valence-electron chi connectivity index (χ4n) is 3.32. The maximum Gasteiger partial charge on any atom is 0.216 e. The van der Waals surface area contributed by atoms with Crippen molar-refractivity contribution in [3.8, 4) is 5.75 Å². The van der Waals surface area contributed by atoms with E-state index in [-0.39, 0.29) is 0 Å². The smallest absolute Gasteiger partial charge is 0.216 e. The summed E-state index contributed by atoms with van der Waals surface area (Å²) in [4.78, 5) is 3.67. The Morgan fingerprint density at radius 2 is 1.33 bits per heavy atom. The van der Waals surface area contributed by atoms with Crippen LogP contribution in [0.25, 0.3) is 0 Å². The number of ether oxygens (including phenoxy) is 1. The van der Waals surface area contributed by atoms with Crippen molar-refractivity contribution in [2.75, 3.05) is 6.61 Å². The lowest BCUT2D eigenvalue weighted by atomic mass is 10.2. The molecule has 0 aliphatic carbocycles. The van der Waals surface area contributed by atoms with E-state index in [4.69, 9.17) is 4.74 Å². The van der Waals surface area contributed by atoms with Crippen molar-refractivity contribution in [3.63, 3.8) is 0 Å². The molecule has 5 heteroatoms. The van der Waals surface area contributed by atoms with Crippen LogP contribution in [0.3, 0.4) is 0 Å². The molecular weight excluding hydrogens is 376 g/mol. The van der Waals surface area contributed by atoms with Crippen LogP contribution >= 0.6 is 0 Å². The zero-order chi connectivity index (χ0) is 19.2. The lowest BCUT2D eigenvalue weighted by Crippen LogP contribution is -2.20. The summed E-state index contributed by atoms with van der Waals surface area (Å²) in [6.07, 6.45) is 0. The highest BCUT2D eigenvalue weighted by Crippen LogP contribution is 2.45. The van der Waals surface area contributed by atoms with E-state index in [1.54, 1.807) is 12.1 Å². The third kappa shape index (κ3) is 3.05. The summed E-state index contributed by atoms with van der Waals surface area (Å²) in [7, 11) is -3.99. The largest absolute Gasteiger partial charge is 0.494 e. The second-order valence-electron chi connectivity index (χ2n) is 6.61. The summed E-state index contributed by atoms with van der Waals surface area (Å²) < 4.78 is 32.2. The van der Waals surface area contributed by atoms with Crippen LogP contribution in [0.4, 0.5) is 0 Å². The van der Waals surface area contributed by atoms with Crippen molar-refractivity contribution in [1.82, 2.24) is 0 Å². The number of hydrogen-bond donors (Lipinski definition) is 0. The molecule has 0 fully saturated rings. The Morgan fingerprint density at radius 1 is 0.815 bits per heavy atom. The maximum atomic E-state index is 13.3. The molecule has 0 unspecified atom stereocenters. The summed E-state index contributed by atoms with van der Waals surface area (Å²) in [5.74, 6) is 0.822. The van der Waals surface area contributed by atoms with Gasteiger partial charge in [-0.15, -0.1) is 0 Å². The average molecular weight is 398 g/mol. The van der Waals surface area contributed by atoms with Crippen LogP contribution in [-0.4, -0.2) is 15.0 Å². The molecule has 138 valence electrons. The predicted octanol–water partition coefficient (Wildman–Crippen LogP) is 4.94. The Bertz CT molecular complexity index is 1060. The van der Waals surface area contributed by atoms with Crippen LogP contribution in [-0.2, 0) is 20.7 Å². The molecule has 0 bridgehead atoms. The topological polar surface area (TPSA) is 43.4 Å². The van der Waals surface area contributed by atoms with Crippen LogP contribution in [0, 0.1) is 13.8 Å². The minimum Gasteiger partial charge on any atom is -0.494 e. The van der Waals surface area contributed by atoms with Gasteiger partial charge in [0.25, 0.3) is 0 Å². The molecule has 0 radical (unpaired) electrons. The minimum absolute atomic E-state index is 0.429. The van der Waals surface area contributed by atoms with E-state index in [1.165, 1.54) is 0 Å². The highest BCUT2D eigenvalue weighted by Gasteiger charge is 2.45. The number of benzene rings is 3. The van der Waals surface area contributed by atoms with Gasteiger partial charge in [0, 0.05) is 0 Å². The Morgan fingerprint density at radius 3 is 1.81 bits per heavy atom. The Kier molecular flexibility index (Phi) is 4.52. The quantitative estimate of drug-likeness (QED) is 0.460. The highest BCUT2D eigenvalue weighted by molar-refractivity contribution is 8.00. The van der Waals surface area contributed by atoms with Crippen LogP contribution in [0.1, 0.15) is 18.1 Å². The molecule has 0 amide bonds. The fourth-order valence-corrected chi connectivity index (χ4v) is 8.14. The van der Waals surface area contributed by atoms with Crippen molar-refractivity contribution in [1.29, 1.82) is 0 Å². The van der Waals surface area contributed by atoms with E-state index in [9.17, 15) is 8.42 Å². The number of sulfone groups is 1. The minimum atomic E-state index is -3.52. The summed E-state index contributed by atoms with van der Waals surface area (Å²) in [6.45, 7) is 6.43. The molecule has 3 nitrogen and oxygen atoms in total. The lowest BCUT2D eigenvalue weighted by Gasteiger charge is -2.20. The first-order chi connectivity index (χ1) is 12.9. The predicted molar refractivity (Wildman–Crippen MR) is 108 cm³/mol. The Balaban J connectivity index is 1.98. The molecule has 0 aromatic heterocycles. The molecular formula is C22H21O3S2+.